The summed E-state index contributed by atoms with van der Waals surface area (Å²) < 4.78 is 0. The second kappa shape index (κ2) is 7.95. The minimum absolute atomic E-state index is 0.272. The number of amides is 1. The van der Waals surface area contributed by atoms with Crippen molar-refractivity contribution in [3.63, 3.8) is 0 Å². The molecule has 5 heteroatoms. The summed E-state index contributed by atoms with van der Waals surface area (Å²) in [5, 5.41) is 11.8. The molecule has 0 fully saturated rings. The smallest absolute Gasteiger partial charge is 0.257 e. The highest BCUT2D eigenvalue weighted by Crippen LogP contribution is 2.17. The van der Waals surface area contributed by atoms with Gasteiger partial charge in [0.15, 0.2) is 0 Å². The van der Waals surface area contributed by atoms with Gasteiger partial charge in [0.05, 0.1) is 28.7 Å². The highest BCUT2D eigenvalue weighted by Gasteiger charge is 2.11. The summed E-state index contributed by atoms with van der Waals surface area (Å²) in [6.07, 6.45) is 5.47. The van der Waals surface area contributed by atoms with E-state index in [4.69, 9.17) is 5.26 Å². The molecule has 1 aromatic heterocycles. The number of nitrogens with zero attached hydrogens (tertiary/aromatic N) is 3. The molecule has 0 spiro atoms. The van der Waals surface area contributed by atoms with Crippen LogP contribution >= 0.6 is 0 Å². The van der Waals surface area contributed by atoms with Crippen molar-refractivity contribution in [3.8, 4) is 6.07 Å². The first-order valence-corrected chi connectivity index (χ1v) is 7.62. The molecule has 0 aliphatic rings. The van der Waals surface area contributed by atoms with Crippen molar-refractivity contribution in [2.45, 2.75) is 19.8 Å². The molecular formula is C18H20N4O. The first-order chi connectivity index (χ1) is 11.2. The average Bonchev–Trinajstić information content (AvgIpc) is 2.60. The van der Waals surface area contributed by atoms with E-state index in [2.05, 4.69) is 28.2 Å². The number of carbonyl (C=O) groups is 1. The number of unbranched alkanes of at least 4 members (excludes halogenated alkanes) is 1. The lowest BCUT2D eigenvalue weighted by molar-refractivity contribution is 0.102. The van der Waals surface area contributed by atoms with Gasteiger partial charge in [-0.05, 0) is 24.6 Å². The lowest BCUT2D eigenvalue weighted by atomic mass is 10.1. The third kappa shape index (κ3) is 4.30. The summed E-state index contributed by atoms with van der Waals surface area (Å²) in [5.41, 5.74) is 2.31. The fraction of sp³-hybridized carbons (Fsp3) is 0.278. The van der Waals surface area contributed by atoms with Gasteiger partial charge in [-0.3, -0.25) is 9.78 Å². The Morgan fingerprint density at radius 2 is 2.13 bits per heavy atom. The van der Waals surface area contributed by atoms with Crippen LogP contribution in [-0.2, 0) is 0 Å². The Hall–Kier alpha value is -2.87. The van der Waals surface area contributed by atoms with Gasteiger partial charge in [0.1, 0.15) is 6.07 Å². The third-order valence-corrected chi connectivity index (χ3v) is 3.57. The van der Waals surface area contributed by atoms with Crippen molar-refractivity contribution in [1.29, 1.82) is 5.26 Å². The minimum Gasteiger partial charge on any atom is -0.373 e. The molecule has 0 atom stereocenters. The lowest BCUT2D eigenvalue weighted by Gasteiger charge is -2.19. The highest BCUT2D eigenvalue weighted by atomic mass is 16.1. The van der Waals surface area contributed by atoms with Crippen molar-refractivity contribution < 1.29 is 4.79 Å². The maximum Gasteiger partial charge on any atom is 0.257 e. The molecule has 1 N–H and O–H groups in total. The van der Waals surface area contributed by atoms with Crippen LogP contribution in [0.4, 0.5) is 11.4 Å². The number of carbonyl (C=O) groups excluding carboxylic acids is 1. The van der Waals surface area contributed by atoms with E-state index < -0.39 is 0 Å². The maximum atomic E-state index is 12.4. The third-order valence-electron chi connectivity index (χ3n) is 3.57. The second-order valence-corrected chi connectivity index (χ2v) is 5.32. The number of nitrogens with one attached hydrogen (secondary N) is 1. The average molecular weight is 308 g/mol. The number of nitriles is 1. The minimum atomic E-state index is -0.272. The van der Waals surface area contributed by atoms with Gasteiger partial charge in [0.2, 0.25) is 0 Å². The largest absolute Gasteiger partial charge is 0.373 e. The molecule has 0 aliphatic heterocycles. The van der Waals surface area contributed by atoms with Crippen LogP contribution in [0.3, 0.4) is 0 Å². The standard InChI is InChI=1S/C18H20N4O/c1-3-4-9-22(2)16-10-15(12-20-13-16)18(23)21-17-8-6-5-7-14(17)11-19/h5-8,10,12-13H,3-4,9H2,1-2H3,(H,21,23). The zero-order chi connectivity index (χ0) is 16.7. The molecule has 0 aliphatic carbocycles. The van der Waals surface area contributed by atoms with Crippen molar-refractivity contribution in [2.75, 3.05) is 23.8 Å². The summed E-state index contributed by atoms with van der Waals surface area (Å²) >= 11 is 0. The summed E-state index contributed by atoms with van der Waals surface area (Å²) in [7, 11) is 1.99. The van der Waals surface area contributed by atoms with E-state index in [0.29, 0.717) is 16.8 Å². The van der Waals surface area contributed by atoms with Crippen LogP contribution in [0.2, 0.25) is 0 Å². The molecule has 1 heterocycles. The Labute approximate surface area is 136 Å². The zero-order valence-electron chi connectivity index (χ0n) is 13.4. The normalized spacial score (nSPS) is 9.96. The number of para-hydroxylation sites is 1. The Bertz CT molecular complexity index is 721. The first kappa shape index (κ1) is 16.5. The molecule has 0 bridgehead atoms. The highest BCUT2D eigenvalue weighted by molar-refractivity contribution is 6.05. The van der Waals surface area contributed by atoms with Gasteiger partial charge in [-0.25, -0.2) is 0 Å². The predicted octanol–water partition coefficient (Wildman–Crippen LogP) is 3.44. The number of hydrogen-bond donors (Lipinski definition) is 1. The van der Waals surface area contributed by atoms with Gasteiger partial charge >= 0.3 is 0 Å². The van der Waals surface area contributed by atoms with E-state index in [1.54, 1.807) is 30.5 Å². The molecular weight excluding hydrogens is 288 g/mol. The number of benzene rings is 1. The fourth-order valence-corrected chi connectivity index (χ4v) is 2.17. The topological polar surface area (TPSA) is 69.0 Å². The monoisotopic (exact) mass is 308 g/mol. The fourth-order valence-electron chi connectivity index (χ4n) is 2.17. The van der Waals surface area contributed by atoms with E-state index in [1.165, 1.54) is 6.20 Å². The van der Waals surface area contributed by atoms with Gasteiger partial charge in [-0.2, -0.15) is 5.26 Å². The summed E-state index contributed by atoms with van der Waals surface area (Å²) in [5.74, 6) is -0.272. The van der Waals surface area contributed by atoms with Crippen molar-refractivity contribution in [2.24, 2.45) is 0 Å². The van der Waals surface area contributed by atoms with E-state index in [0.717, 1.165) is 25.1 Å². The lowest BCUT2D eigenvalue weighted by Crippen LogP contribution is -2.20. The summed E-state index contributed by atoms with van der Waals surface area (Å²) in [6.45, 7) is 3.06. The molecule has 118 valence electrons. The van der Waals surface area contributed by atoms with E-state index in [-0.39, 0.29) is 5.91 Å². The van der Waals surface area contributed by atoms with Gasteiger partial charge < -0.3 is 10.2 Å². The van der Waals surface area contributed by atoms with Crippen LogP contribution in [0.15, 0.2) is 42.7 Å². The molecule has 23 heavy (non-hydrogen) atoms. The van der Waals surface area contributed by atoms with Crippen molar-refractivity contribution in [1.82, 2.24) is 4.98 Å². The Morgan fingerprint density at radius 3 is 2.87 bits per heavy atom. The molecule has 1 amide bonds. The maximum absolute atomic E-state index is 12.4. The summed E-state index contributed by atoms with van der Waals surface area (Å²) in [6, 6.07) is 10.8. The molecule has 2 rings (SSSR count). The summed E-state index contributed by atoms with van der Waals surface area (Å²) in [4.78, 5) is 18.6. The van der Waals surface area contributed by atoms with Crippen LogP contribution in [0, 0.1) is 11.3 Å². The Morgan fingerprint density at radius 1 is 1.35 bits per heavy atom. The van der Waals surface area contributed by atoms with Gasteiger partial charge in [0, 0.05) is 19.8 Å². The van der Waals surface area contributed by atoms with Crippen LogP contribution in [0.5, 0.6) is 0 Å². The SMILES string of the molecule is CCCCN(C)c1cncc(C(=O)Nc2ccccc2C#N)c1. The Balaban J connectivity index is 2.15. The van der Waals surface area contributed by atoms with Crippen LogP contribution < -0.4 is 10.2 Å². The first-order valence-electron chi connectivity index (χ1n) is 7.62. The molecule has 1 aromatic carbocycles. The van der Waals surface area contributed by atoms with Gasteiger partial charge in [-0.1, -0.05) is 25.5 Å². The van der Waals surface area contributed by atoms with Crippen LogP contribution in [0.25, 0.3) is 0 Å². The Kier molecular flexibility index (Phi) is 5.70. The molecule has 5 nitrogen and oxygen atoms in total. The number of hydrogen-bond acceptors (Lipinski definition) is 4. The molecule has 0 saturated carbocycles. The van der Waals surface area contributed by atoms with Crippen LogP contribution in [0.1, 0.15) is 35.7 Å². The van der Waals surface area contributed by atoms with E-state index in [9.17, 15) is 4.79 Å². The van der Waals surface area contributed by atoms with E-state index >= 15 is 0 Å². The quantitative estimate of drug-likeness (QED) is 0.887. The number of aromatic nitrogens is 1. The number of pyridine rings is 1. The number of anilines is 2. The zero-order valence-corrected chi connectivity index (χ0v) is 13.4. The van der Waals surface area contributed by atoms with Gasteiger partial charge in [0.25, 0.3) is 5.91 Å². The van der Waals surface area contributed by atoms with Gasteiger partial charge in [-0.15, -0.1) is 0 Å². The van der Waals surface area contributed by atoms with Crippen molar-refractivity contribution >= 4 is 17.3 Å². The van der Waals surface area contributed by atoms with E-state index in [1.807, 2.05) is 13.1 Å². The second-order valence-electron chi connectivity index (χ2n) is 5.32. The predicted molar refractivity (Wildman–Crippen MR) is 91.5 cm³/mol. The molecule has 0 unspecified atom stereocenters. The molecule has 2 aromatic rings. The van der Waals surface area contributed by atoms with Crippen LogP contribution in [-0.4, -0.2) is 24.5 Å². The molecule has 0 radical (unpaired) electrons. The molecule has 0 saturated heterocycles. The number of rotatable bonds is 6. The van der Waals surface area contributed by atoms with Crippen molar-refractivity contribution in [3.05, 3.63) is 53.9 Å².